The minimum Gasteiger partial charge on any atom is -0.506 e. The molecule has 10 nitrogen and oxygen atoms in total. The first-order valence-electron chi connectivity index (χ1n) is 13.0. The van der Waals surface area contributed by atoms with E-state index in [1.54, 1.807) is 45.0 Å². The number of aromatic hydroxyl groups is 1. The molecular weight excluding hydrogens is 538 g/mol. The van der Waals surface area contributed by atoms with Crippen molar-refractivity contribution in [2.45, 2.75) is 78.3 Å². The van der Waals surface area contributed by atoms with Gasteiger partial charge in [0.25, 0.3) is 0 Å². The summed E-state index contributed by atoms with van der Waals surface area (Å²) in [7, 11) is 0. The van der Waals surface area contributed by atoms with Crippen molar-refractivity contribution in [2.75, 3.05) is 0 Å². The largest absolute Gasteiger partial charge is 0.506 e. The van der Waals surface area contributed by atoms with E-state index < -0.39 is 47.6 Å². The lowest BCUT2D eigenvalue weighted by atomic mass is 10.0. The van der Waals surface area contributed by atoms with Gasteiger partial charge in [0.1, 0.15) is 30.0 Å². The summed E-state index contributed by atoms with van der Waals surface area (Å²) in [6, 6.07) is 9.77. The molecule has 0 radical (unpaired) electrons. The zero-order chi connectivity index (χ0) is 30.0. The third kappa shape index (κ3) is 10.8. The molecule has 2 rings (SSSR count). The van der Waals surface area contributed by atoms with Crippen LogP contribution in [0.1, 0.15) is 65.1 Å². The minimum atomic E-state index is -1.28. The first-order valence-corrected chi connectivity index (χ1v) is 13.3. The van der Waals surface area contributed by atoms with Crippen molar-refractivity contribution >= 4 is 35.5 Å². The fourth-order valence-corrected chi connectivity index (χ4v) is 3.78. The van der Waals surface area contributed by atoms with Gasteiger partial charge in [-0.1, -0.05) is 61.8 Å². The van der Waals surface area contributed by atoms with E-state index in [9.17, 15) is 24.3 Å². The zero-order valence-electron chi connectivity index (χ0n) is 23.6. The Morgan fingerprint density at radius 3 is 2.15 bits per heavy atom. The SMILES string of the molecule is CC(C)C[C@H](NC(=O)OC(C)(C)C)C(=O)N[C@H](C)C(=O)N[C@H](C(=O)OCc1ccccc1)c1ccc(O)c(Cl)c1. The van der Waals surface area contributed by atoms with Crippen LogP contribution in [-0.4, -0.2) is 46.7 Å². The molecule has 0 bridgehead atoms. The zero-order valence-corrected chi connectivity index (χ0v) is 24.4. The number of phenols is 1. The fraction of sp³-hybridized carbons (Fsp3) is 0.448. The number of halogens is 1. The van der Waals surface area contributed by atoms with Crippen molar-refractivity contribution in [1.82, 2.24) is 16.0 Å². The normalized spacial score (nSPS) is 13.5. The highest BCUT2D eigenvalue weighted by atomic mass is 35.5. The Hall–Kier alpha value is -3.79. The van der Waals surface area contributed by atoms with E-state index in [1.807, 2.05) is 19.9 Å². The monoisotopic (exact) mass is 575 g/mol. The average molecular weight is 576 g/mol. The smallest absolute Gasteiger partial charge is 0.408 e. The van der Waals surface area contributed by atoms with Gasteiger partial charge >= 0.3 is 12.1 Å². The van der Waals surface area contributed by atoms with Gasteiger partial charge in [-0.05, 0) is 63.3 Å². The number of rotatable bonds is 11. The summed E-state index contributed by atoms with van der Waals surface area (Å²) in [5.74, 6) is -2.17. The van der Waals surface area contributed by atoms with Crippen LogP contribution in [0.3, 0.4) is 0 Å². The molecule has 11 heteroatoms. The number of phenolic OH excluding ortho intramolecular Hbond substituents is 1. The van der Waals surface area contributed by atoms with Gasteiger partial charge in [-0.25, -0.2) is 9.59 Å². The van der Waals surface area contributed by atoms with Crippen LogP contribution in [0.25, 0.3) is 0 Å². The molecule has 0 aromatic heterocycles. The molecule has 3 amide bonds. The molecule has 0 fully saturated rings. The highest BCUT2D eigenvalue weighted by molar-refractivity contribution is 6.32. The number of amides is 3. The van der Waals surface area contributed by atoms with Crippen LogP contribution < -0.4 is 16.0 Å². The summed E-state index contributed by atoms with van der Waals surface area (Å²) in [6.07, 6.45) is -0.448. The Balaban J connectivity index is 2.15. The molecule has 0 spiro atoms. The second kappa shape index (κ2) is 14.6. The summed E-state index contributed by atoms with van der Waals surface area (Å²) >= 11 is 6.04. The van der Waals surface area contributed by atoms with E-state index in [4.69, 9.17) is 21.1 Å². The minimum absolute atomic E-state index is 0.0151. The van der Waals surface area contributed by atoms with Crippen LogP contribution >= 0.6 is 11.6 Å². The number of hydrogen-bond acceptors (Lipinski definition) is 7. The van der Waals surface area contributed by atoms with Gasteiger partial charge in [0.15, 0.2) is 6.04 Å². The number of benzene rings is 2. The van der Waals surface area contributed by atoms with Gasteiger partial charge in [-0.15, -0.1) is 0 Å². The second-order valence-corrected chi connectivity index (χ2v) is 11.2. The number of carbonyl (C=O) groups excluding carboxylic acids is 4. The molecule has 0 unspecified atom stereocenters. The van der Waals surface area contributed by atoms with Crippen LogP contribution in [0.5, 0.6) is 5.75 Å². The van der Waals surface area contributed by atoms with E-state index in [0.717, 1.165) is 5.56 Å². The van der Waals surface area contributed by atoms with E-state index in [1.165, 1.54) is 25.1 Å². The topological polar surface area (TPSA) is 143 Å². The first kappa shape index (κ1) is 32.4. The fourth-order valence-electron chi connectivity index (χ4n) is 3.59. The molecule has 3 atom stereocenters. The highest BCUT2D eigenvalue weighted by Crippen LogP contribution is 2.27. The van der Waals surface area contributed by atoms with Crippen molar-refractivity contribution < 1.29 is 33.8 Å². The maximum atomic E-state index is 13.1. The van der Waals surface area contributed by atoms with Crippen molar-refractivity contribution in [3.05, 3.63) is 64.7 Å². The van der Waals surface area contributed by atoms with Crippen molar-refractivity contribution in [3.63, 3.8) is 0 Å². The van der Waals surface area contributed by atoms with E-state index >= 15 is 0 Å². The number of esters is 1. The van der Waals surface area contributed by atoms with Gasteiger partial charge in [0.05, 0.1) is 5.02 Å². The summed E-state index contributed by atoms with van der Waals surface area (Å²) in [5, 5.41) is 17.5. The number of nitrogens with one attached hydrogen (secondary N) is 3. The summed E-state index contributed by atoms with van der Waals surface area (Å²) in [6.45, 7) is 10.3. The van der Waals surface area contributed by atoms with E-state index in [0.29, 0.717) is 6.42 Å². The van der Waals surface area contributed by atoms with Crippen LogP contribution in [-0.2, 0) is 30.5 Å². The standard InChI is InChI=1S/C29H38ClN3O7/c1-17(2)14-22(32-28(38)40-29(4,5)6)26(36)31-18(3)25(35)33-24(20-12-13-23(34)21(30)15-20)27(37)39-16-19-10-8-7-9-11-19/h7-13,15,17-18,22,24,34H,14,16H2,1-6H3,(H,31,36)(H,32,38)(H,33,35)/t18-,22+,24+/m1/s1. The van der Waals surface area contributed by atoms with Crippen LogP contribution in [0, 0.1) is 5.92 Å². The lowest BCUT2D eigenvalue weighted by Gasteiger charge is -2.26. The van der Waals surface area contributed by atoms with Crippen LogP contribution in [0.2, 0.25) is 5.02 Å². The molecule has 0 aliphatic carbocycles. The Labute approximate surface area is 239 Å². The molecule has 0 aliphatic rings. The third-order valence-corrected chi connectivity index (χ3v) is 5.82. The molecule has 2 aromatic rings. The van der Waals surface area contributed by atoms with Gasteiger partial charge in [0.2, 0.25) is 11.8 Å². The van der Waals surface area contributed by atoms with E-state index in [-0.39, 0.29) is 28.9 Å². The number of hydrogen-bond donors (Lipinski definition) is 4. The quantitative estimate of drug-likeness (QED) is 0.291. The molecule has 40 heavy (non-hydrogen) atoms. The van der Waals surface area contributed by atoms with Gasteiger partial charge in [-0.3, -0.25) is 9.59 Å². The van der Waals surface area contributed by atoms with Crippen LogP contribution in [0.4, 0.5) is 4.79 Å². The number of carbonyl (C=O) groups is 4. The Bertz CT molecular complexity index is 1180. The van der Waals surface area contributed by atoms with Crippen molar-refractivity contribution in [3.8, 4) is 5.75 Å². The summed E-state index contributed by atoms with van der Waals surface area (Å²) in [5.41, 5.74) is 0.271. The molecule has 0 aliphatic heterocycles. The third-order valence-electron chi connectivity index (χ3n) is 5.52. The molecule has 0 heterocycles. The Morgan fingerprint density at radius 1 is 0.925 bits per heavy atom. The molecular formula is C29H38ClN3O7. The second-order valence-electron chi connectivity index (χ2n) is 10.8. The molecule has 2 aromatic carbocycles. The van der Waals surface area contributed by atoms with E-state index in [2.05, 4.69) is 16.0 Å². The molecule has 0 saturated carbocycles. The first-order chi connectivity index (χ1) is 18.7. The molecule has 218 valence electrons. The van der Waals surface area contributed by atoms with Crippen LogP contribution in [0.15, 0.2) is 48.5 Å². The maximum absolute atomic E-state index is 13.1. The maximum Gasteiger partial charge on any atom is 0.408 e. The van der Waals surface area contributed by atoms with Gasteiger partial charge < -0.3 is 30.5 Å². The van der Waals surface area contributed by atoms with Crippen molar-refractivity contribution in [1.29, 1.82) is 0 Å². The predicted molar refractivity (Wildman–Crippen MR) is 150 cm³/mol. The van der Waals surface area contributed by atoms with Gasteiger partial charge in [0, 0.05) is 0 Å². The van der Waals surface area contributed by atoms with Crippen molar-refractivity contribution in [2.24, 2.45) is 5.92 Å². The lowest BCUT2D eigenvalue weighted by molar-refractivity contribution is -0.149. The Kier molecular flexibility index (Phi) is 11.8. The molecule has 0 saturated heterocycles. The Morgan fingerprint density at radius 2 is 1.57 bits per heavy atom. The highest BCUT2D eigenvalue weighted by Gasteiger charge is 2.30. The molecule has 4 N–H and O–H groups in total. The predicted octanol–water partition coefficient (Wildman–Crippen LogP) is 4.39. The number of alkyl carbamates (subject to hydrolysis) is 1. The lowest BCUT2D eigenvalue weighted by Crippen LogP contribution is -2.54. The summed E-state index contributed by atoms with van der Waals surface area (Å²) in [4.78, 5) is 51.5. The average Bonchev–Trinajstić information content (AvgIpc) is 2.86. The van der Waals surface area contributed by atoms with Gasteiger partial charge in [-0.2, -0.15) is 0 Å². The number of ether oxygens (including phenoxy) is 2. The summed E-state index contributed by atoms with van der Waals surface area (Å²) < 4.78 is 10.7.